The molecule has 1 saturated heterocycles. The van der Waals surface area contributed by atoms with Gasteiger partial charge in [-0.25, -0.2) is 4.39 Å². The van der Waals surface area contributed by atoms with Gasteiger partial charge in [0.25, 0.3) is 0 Å². The SMILES string of the molecule is FC1=CCCN(C[C@H]2CCCNC2)C1. The Hall–Kier alpha value is -0.410. The zero-order chi connectivity index (χ0) is 9.80. The first-order valence-electron chi connectivity index (χ1n) is 5.62. The standard InChI is InChI=1S/C11H19FN2/c12-11-4-2-6-14(9-11)8-10-3-1-5-13-7-10/h4,10,13H,1-3,5-9H2/t10-/m0/s1. The summed E-state index contributed by atoms with van der Waals surface area (Å²) >= 11 is 0. The van der Waals surface area contributed by atoms with E-state index in [4.69, 9.17) is 0 Å². The van der Waals surface area contributed by atoms with Gasteiger partial charge < -0.3 is 5.32 Å². The van der Waals surface area contributed by atoms with E-state index in [1.165, 1.54) is 12.8 Å². The van der Waals surface area contributed by atoms with Crippen molar-refractivity contribution >= 4 is 0 Å². The second-order valence-electron chi connectivity index (χ2n) is 4.39. The molecule has 2 aliphatic rings. The molecule has 2 aliphatic heterocycles. The van der Waals surface area contributed by atoms with Gasteiger partial charge in [-0.3, -0.25) is 4.90 Å². The summed E-state index contributed by atoms with van der Waals surface area (Å²) in [7, 11) is 0. The molecule has 0 aromatic carbocycles. The predicted octanol–water partition coefficient (Wildman–Crippen LogP) is 1.55. The second-order valence-corrected chi connectivity index (χ2v) is 4.39. The summed E-state index contributed by atoms with van der Waals surface area (Å²) in [5.74, 6) is 0.787. The maximum absolute atomic E-state index is 13.0. The topological polar surface area (TPSA) is 15.3 Å². The van der Waals surface area contributed by atoms with Crippen molar-refractivity contribution in [3.8, 4) is 0 Å². The summed E-state index contributed by atoms with van der Waals surface area (Å²) in [4.78, 5) is 2.24. The molecule has 2 nitrogen and oxygen atoms in total. The zero-order valence-electron chi connectivity index (χ0n) is 8.64. The number of nitrogens with one attached hydrogen (secondary N) is 1. The number of piperidine rings is 1. The van der Waals surface area contributed by atoms with Crippen LogP contribution in [-0.2, 0) is 0 Å². The molecule has 0 spiro atoms. The largest absolute Gasteiger partial charge is 0.316 e. The highest BCUT2D eigenvalue weighted by Crippen LogP contribution is 2.16. The van der Waals surface area contributed by atoms with Gasteiger partial charge in [0.15, 0.2) is 0 Å². The second kappa shape index (κ2) is 4.89. The molecule has 80 valence electrons. The van der Waals surface area contributed by atoms with Crippen LogP contribution in [0.1, 0.15) is 19.3 Å². The maximum Gasteiger partial charge on any atom is 0.110 e. The third-order valence-corrected chi connectivity index (χ3v) is 3.10. The van der Waals surface area contributed by atoms with Gasteiger partial charge in [-0.15, -0.1) is 0 Å². The van der Waals surface area contributed by atoms with E-state index in [0.29, 0.717) is 6.54 Å². The number of rotatable bonds is 2. The Morgan fingerprint density at radius 1 is 1.57 bits per heavy atom. The highest BCUT2D eigenvalue weighted by molar-refractivity contribution is 4.99. The minimum absolute atomic E-state index is 0.0556. The molecule has 0 bridgehead atoms. The molecule has 1 fully saturated rings. The fourth-order valence-corrected chi connectivity index (χ4v) is 2.36. The fraction of sp³-hybridized carbons (Fsp3) is 0.818. The lowest BCUT2D eigenvalue weighted by Crippen LogP contribution is -2.40. The Balaban J connectivity index is 1.76. The van der Waals surface area contributed by atoms with Gasteiger partial charge in [0.05, 0.1) is 0 Å². The van der Waals surface area contributed by atoms with Gasteiger partial charge in [-0.1, -0.05) is 6.08 Å². The third-order valence-electron chi connectivity index (χ3n) is 3.10. The molecule has 0 unspecified atom stereocenters. The van der Waals surface area contributed by atoms with Crippen molar-refractivity contribution in [2.75, 3.05) is 32.7 Å². The van der Waals surface area contributed by atoms with Crippen molar-refractivity contribution in [3.63, 3.8) is 0 Å². The molecule has 2 rings (SSSR count). The number of hydrogen-bond donors (Lipinski definition) is 1. The molecule has 3 heteroatoms. The first-order valence-corrected chi connectivity index (χ1v) is 5.62. The van der Waals surface area contributed by atoms with Crippen LogP contribution in [0.5, 0.6) is 0 Å². The molecule has 1 N–H and O–H groups in total. The van der Waals surface area contributed by atoms with E-state index < -0.39 is 0 Å². The van der Waals surface area contributed by atoms with Crippen molar-refractivity contribution in [2.45, 2.75) is 19.3 Å². The molecule has 0 radical (unpaired) electrons. The Morgan fingerprint density at radius 3 is 3.21 bits per heavy atom. The van der Waals surface area contributed by atoms with Crippen molar-refractivity contribution in [3.05, 3.63) is 11.9 Å². The lowest BCUT2D eigenvalue weighted by atomic mass is 9.98. The highest BCUT2D eigenvalue weighted by atomic mass is 19.1. The summed E-state index contributed by atoms with van der Waals surface area (Å²) in [6.45, 7) is 4.90. The predicted molar refractivity (Wildman–Crippen MR) is 55.8 cm³/mol. The van der Waals surface area contributed by atoms with Crippen LogP contribution >= 0.6 is 0 Å². The van der Waals surface area contributed by atoms with E-state index >= 15 is 0 Å². The quantitative estimate of drug-likeness (QED) is 0.724. The van der Waals surface area contributed by atoms with Crippen LogP contribution in [0.2, 0.25) is 0 Å². The van der Waals surface area contributed by atoms with Gasteiger partial charge in [0.2, 0.25) is 0 Å². The van der Waals surface area contributed by atoms with Crippen LogP contribution in [0.4, 0.5) is 4.39 Å². The molecule has 0 aliphatic carbocycles. The van der Waals surface area contributed by atoms with Crippen molar-refractivity contribution in [2.24, 2.45) is 5.92 Å². The maximum atomic E-state index is 13.0. The van der Waals surface area contributed by atoms with E-state index in [2.05, 4.69) is 10.2 Å². The molecule has 0 saturated carbocycles. The van der Waals surface area contributed by atoms with Gasteiger partial charge in [-0.2, -0.15) is 0 Å². The molecule has 14 heavy (non-hydrogen) atoms. The smallest absolute Gasteiger partial charge is 0.110 e. The van der Waals surface area contributed by atoms with Gasteiger partial charge in [-0.05, 0) is 38.3 Å². The minimum Gasteiger partial charge on any atom is -0.316 e. The van der Waals surface area contributed by atoms with Gasteiger partial charge >= 0.3 is 0 Å². The van der Waals surface area contributed by atoms with Crippen molar-refractivity contribution in [1.29, 1.82) is 0 Å². The number of nitrogens with zero attached hydrogens (tertiary/aromatic N) is 1. The third kappa shape index (κ3) is 2.79. The van der Waals surface area contributed by atoms with Crippen LogP contribution in [0, 0.1) is 5.92 Å². The number of halogens is 1. The summed E-state index contributed by atoms with van der Waals surface area (Å²) in [5, 5.41) is 3.40. The van der Waals surface area contributed by atoms with E-state index in [-0.39, 0.29) is 5.83 Å². The van der Waals surface area contributed by atoms with Crippen molar-refractivity contribution < 1.29 is 4.39 Å². The van der Waals surface area contributed by atoms with Crippen LogP contribution in [0.3, 0.4) is 0 Å². The molecule has 1 atom stereocenters. The average Bonchev–Trinajstić information content (AvgIpc) is 2.19. The molecular formula is C11H19FN2. The normalized spacial score (nSPS) is 30.1. The Labute approximate surface area is 85.2 Å². The van der Waals surface area contributed by atoms with Gasteiger partial charge in [0, 0.05) is 19.6 Å². The average molecular weight is 198 g/mol. The fourth-order valence-electron chi connectivity index (χ4n) is 2.36. The van der Waals surface area contributed by atoms with Gasteiger partial charge in [0.1, 0.15) is 5.83 Å². The summed E-state index contributed by atoms with van der Waals surface area (Å²) in [6, 6.07) is 0. The molecule has 2 heterocycles. The summed E-state index contributed by atoms with van der Waals surface area (Å²) in [6.07, 6.45) is 5.17. The Kier molecular flexibility index (Phi) is 3.54. The number of hydrogen-bond acceptors (Lipinski definition) is 2. The molecule has 0 amide bonds. The summed E-state index contributed by atoms with van der Waals surface area (Å²) in [5.41, 5.74) is 0. The monoisotopic (exact) mass is 198 g/mol. The van der Waals surface area contributed by atoms with Crippen LogP contribution in [0.25, 0.3) is 0 Å². The molecule has 0 aromatic heterocycles. The van der Waals surface area contributed by atoms with Crippen LogP contribution < -0.4 is 5.32 Å². The van der Waals surface area contributed by atoms with E-state index in [1.54, 1.807) is 6.08 Å². The minimum atomic E-state index is 0.0556. The lowest BCUT2D eigenvalue weighted by molar-refractivity contribution is 0.206. The summed E-state index contributed by atoms with van der Waals surface area (Å²) < 4.78 is 13.0. The van der Waals surface area contributed by atoms with E-state index in [1.807, 2.05) is 0 Å². The first kappa shape index (κ1) is 10.1. The van der Waals surface area contributed by atoms with E-state index in [0.717, 1.165) is 38.5 Å². The van der Waals surface area contributed by atoms with Crippen LogP contribution in [-0.4, -0.2) is 37.6 Å². The van der Waals surface area contributed by atoms with Crippen molar-refractivity contribution in [1.82, 2.24) is 10.2 Å². The highest BCUT2D eigenvalue weighted by Gasteiger charge is 2.19. The Morgan fingerprint density at radius 2 is 2.50 bits per heavy atom. The Bertz CT molecular complexity index is 209. The van der Waals surface area contributed by atoms with E-state index in [9.17, 15) is 4.39 Å². The molecule has 0 aromatic rings. The lowest BCUT2D eigenvalue weighted by Gasteiger charge is -2.31. The zero-order valence-corrected chi connectivity index (χ0v) is 8.64. The first-order chi connectivity index (χ1) is 6.84. The molecular weight excluding hydrogens is 179 g/mol. The van der Waals surface area contributed by atoms with Crippen LogP contribution in [0.15, 0.2) is 11.9 Å².